The molecule has 0 aliphatic carbocycles. The average Bonchev–Trinajstić information content (AvgIpc) is 2.38. The zero-order chi connectivity index (χ0) is 13.0. The van der Waals surface area contributed by atoms with Gasteiger partial charge in [0.25, 0.3) is 0 Å². The lowest BCUT2D eigenvalue weighted by Crippen LogP contribution is -2.12. The second kappa shape index (κ2) is 5.78. The van der Waals surface area contributed by atoms with E-state index in [1.165, 1.54) is 22.3 Å². The highest BCUT2D eigenvalue weighted by molar-refractivity contribution is 5.67. The van der Waals surface area contributed by atoms with Gasteiger partial charge in [-0.1, -0.05) is 36.8 Å². The van der Waals surface area contributed by atoms with E-state index in [0.29, 0.717) is 0 Å². The van der Waals surface area contributed by atoms with E-state index in [0.717, 1.165) is 18.8 Å². The fraction of sp³-hybridized carbons (Fsp3) is 0.312. The third-order valence-corrected chi connectivity index (χ3v) is 3.05. The Morgan fingerprint density at radius 3 is 2.61 bits per heavy atom. The quantitative estimate of drug-likeness (QED) is 0.885. The molecule has 0 amide bonds. The average molecular weight is 240 g/mol. The van der Waals surface area contributed by atoms with Gasteiger partial charge in [0, 0.05) is 24.0 Å². The molecule has 0 aliphatic rings. The second-order valence-corrected chi connectivity index (χ2v) is 4.63. The molecule has 2 rings (SSSR count). The van der Waals surface area contributed by atoms with Gasteiger partial charge in [0.2, 0.25) is 0 Å². The summed E-state index contributed by atoms with van der Waals surface area (Å²) >= 11 is 0. The van der Waals surface area contributed by atoms with Crippen LogP contribution in [-0.2, 0) is 6.54 Å². The van der Waals surface area contributed by atoms with Crippen LogP contribution in [0.4, 0.5) is 0 Å². The number of hydrogen-bond acceptors (Lipinski definition) is 2. The minimum Gasteiger partial charge on any atom is -0.313 e. The van der Waals surface area contributed by atoms with E-state index in [1.54, 1.807) is 0 Å². The molecule has 2 nitrogen and oxygen atoms in total. The van der Waals surface area contributed by atoms with Gasteiger partial charge in [0.1, 0.15) is 0 Å². The van der Waals surface area contributed by atoms with Crippen LogP contribution in [0.15, 0.2) is 36.5 Å². The maximum Gasteiger partial charge on any atom is 0.0373 e. The van der Waals surface area contributed by atoms with Gasteiger partial charge in [-0.2, -0.15) is 0 Å². The molecule has 0 atom stereocenters. The largest absolute Gasteiger partial charge is 0.313 e. The van der Waals surface area contributed by atoms with Crippen LogP contribution >= 0.6 is 0 Å². The van der Waals surface area contributed by atoms with Crippen molar-refractivity contribution in [2.45, 2.75) is 27.3 Å². The Balaban J connectivity index is 2.40. The summed E-state index contributed by atoms with van der Waals surface area (Å²) in [5, 5.41) is 3.39. The predicted octanol–water partition coefficient (Wildman–Crippen LogP) is 3.47. The first-order valence-corrected chi connectivity index (χ1v) is 6.44. The number of pyridine rings is 1. The molecule has 1 aromatic carbocycles. The summed E-state index contributed by atoms with van der Waals surface area (Å²) in [6, 6.07) is 10.8. The van der Waals surface area contributed by atoms with Gasteiger partial charge >= 0.3 is 0 Å². The van der Waals surface area contributed by atoms with Crippen molar-refractivity contribution in [2.24, 2.45) is 0 Å². The third-order valence-electron chi connectivity index (χ3n) is 3.05. The van der Waals surface area contributed by atoms with Gasteiger partial charge in [-0.25, -0.2) is 0 Å². The molecule has 1 heterocycles. The summed E-state index contributed by atoms with van der Waals surface area (Å²) in [5.41, 5.74) is 6.14. The summed E-state index contributed by atoms with van der Waals surface area (Å²) in [4.78, 5) is 4.39. The van der Waals surface area contributed by atoms with Crippen molar-refractivity contribution in [3.63, 3.8) is 0 Å². The topological polar surface area (TPSA) is 24.9 Å². The van der Waals surface area contributed by atoms with Crippen LogP contribution in [0.3, 0.4) is 0 Å². The number of aryl methyl sites for hydroxylation is 2. The molecule has 1 N–H and O–H groups in total. The summed E-state index contributed by atoms with van der Waals surface area (Å²) < 4.78 is 0. The molecule has 1 aromatic heterocycles. The smallest absolute Gasteiger partial charge is 0.0373 e. The Bertz CT molecular complexity index is 515. The van der Waals surface area contributed by atoms with E-state index < -0.39 is 0 Å². The van der Waals surface area contributed by atoms with E-state index in [4.69, 9.17) is 0 Å². The van der Waals surface area contributed by atoms with Crippen molar-refractivity contribution < 1.29 is 0 Å². The maximum absolute atomic E-state index is 4.39. The first-order valence-electron chi connectivity index (χ1n) is 6.44. The molecule has 0 radical (unpaired) electrons. The van der Waals surface area contributed by atoms with E-state index in [2.05, 4.69) is 54.5 Å². The minimum atomic E-state index is 0.903. The molecule has 0 fully saturated rings. The van der Waals surface area contributed by atoms with Gasteiger partial charge < -0.3 is 5.32 Å². The fourth-order valence-corrected chi connectivity index (χ4v) is 2.00. The van der Waals surface area contributed by atoms with Gasteiger partial charge in [-0.3, -0.25) is 4.98 Å². The van der Waals surface area contributed by atoms with E-state index in [-0.39, 0.29) is 0 Å². The number of hydrogen-bond donors (Lipinski definition) is 1. The van der Waals surface area contributed by atoms with Crippen LogP contribution in [0.25, 0.3) is 11.1 Å². The zero-order valence-corrected chi connectivity index (χ0v) is 11.3. The summed E-state index contributed by atoms with van der Waals surface area (Å²) in [5.74, 6) is 0. The highest BCUT2D eigenvalue weighted by atomic mass is 14.8. The molecular weight excluding hydrogens is 220 g/mol. The summed E-state index contributed by atoms with van der Waals surface area (Å²) in [6.45, 7) is 8.16. The van der Waals surface area contributed by atoms with Crippen molar-refractivity contribution in [1.82, 2.24) is 10.3 Å². The Morgan fingerprint density at radius 2 is 1.94 bits per heavy atom. The summed E-state index contributed by atoms with van der Waals surface area (Å²) in [6.07, 6.45) is 1.96. The van der Waals surface area contributed by atoms with Crippen molar-refractivity contribution in [2.75, 3.05) is 6.54 Å². The van der Waals surface area contributed by atoms with Gasteiger partial charge in [0.15, 0.2) is 0 Å². The number of rotatable bonds is 4. The minimum absolute atomic E-state index is 0.903. The lowest BCUT2D eigenvalue weighted by Gasteiger charge is -2.11. The molecule has 94 valence electrons. The lowest BCUT2D eigenvalue weighted by molar-refractivity contribution is 0.727. The van der Waals surface area contributed by atoms with E-state index in [1.807, 2.05) is 13.1 Å². The van der Waals surface area contributed by atoms with Crippen LogP contribution in [0.2, 0.25) is 0 Å². The van der Waals surface area contributed by atoms with Crippen molar-refractivity contribution in [3.05, 3.63) is 53.3 Å². The molecule has 0 saturated carbocycles. The standard InChI is InChI=1S/C16H20N2/c1-4-17-10-14-7-5-12(2)9-16(14)15-8-6-13(3)18-11-15/h5-9,11,17H,4,10H2,1-3H3. The maximum atomic E-state index is 4.39. The molecule has 0 saturated heterocycles. The van der Waals surface area contributed by atoms with Crippen molar-refractivity contribution in [3.8, 4) is 11.1 Å². The summed E-state index contributed by atoms with van der Waals surface area (Å²) in [7, 11) is 0. The van der Waals surface area contributed by atoms with E-state index >= 15 is 0 Å². The van der Waals surface area contributed by atoms with E-state index in [9.17, 15) is 0 Å². The SMILES string of the molecule is CCNCc1ccc(C)cc1-c1ccc(C)nc1. The van der Waals surface area contributed by atoms with Crippen molar-refractivity contribution >= 4 is 0 Å². The van der Waals surface area contributed by atoms with Gasteiger partial charge in [-0.15, -0.1) is 0 Å². The van der Waals surface area contributed by atoms with Crippen LogP contribution in [0, 0.1) is 13.8 Å². The van der Waals surface area contributed by atoms with Crippen molar-refractivity contribution in [1.29, 1.82) is 0 Å². The Hall–Kier alpha value is -1.67. The molecule has 0 aliphatic heterocycles. The van der Waals surface area contributed by atoms with Gasteiger partial charge in [-0.05, 0) is 37.6 Å². The molecule has 18 heavy (non-hydrogen) atoms. The molecule has 0 unspecified atom stereocenters. The van der Waals surface area contributed by atoms with Crippen LogP contribution in [0.5, 0.6) is 0 Å². The molecule has 0 bridgehead atoms. The van der Waals surface area contributed by atoms with Crippen LogP contribution < -0.4 is 5.32 Å². The number of aromatic nitrogens is 1. The second-order valence-electron chi connectivity index (χ2n) is 4.63. The van der Waals surface area contributed by atoms with Crippen LogP contribution in [0.1, 0.15) is 23.7 Å². The number of benzene rings is 1. The molecule has 0 spiro atoms. The zero-order valence-electron chi connectivity index (χ0n) is 11.3. The third kappa shape index (κ3) is 2.96. The fourth-order valence-electron chi connectivity index (χ4n) is 2.00. The number of nitrogens with one attached hydrogen (secondary N) is 1. The first kappa shape index (κ1) is 12.8. The first-order chi connectivity index (χ1) is 8.70. The highest BCUT2D eigenvalue weighted by Crippen LogP contribution is 2.24. The monoisotopic (exact) mass is 240 g/mol. The number of nitrogens with zero attached hydrogens (tertiary/aromatic N) is 1. The normalized spacial score (nSPS) is 10.6. The Kier molecular flexibility index (Phi) is 4.11. The Labute approximate surface area is 109 Å². The lowest BCUT2D eigenvalue weighted by atomic mass is 9.98. The van der Waals surface area contributed by atoms with Gasteiger partial charge in [0.05, 0.1) is 0 Å². The van der Waals surface area contributed by atoms with Crippen LogP contribution in [-0.4, -0.2) is 11.5 Å². The molecular formula is C16H20N2. The Morgan fingerprint density at radius 1 is 1.11 bits per heavy atom. The molecule has 2 aromatic rings. The highest BCUT2D eigenvalue weighted by Gasteiger charge is 2.05. The predicted molar refractivity (Wildman–Crippen MR) is 76.5 cm³/mol. The molecule has 2 heteroatoms.